The molecule has 3 aromatic rings. The van der Waals surface area contributed by atoms with Gasteiger partial charge in [-0.15, -0.1) is 0 Å². The molecule has 2 aliphatic heterocycles. The Kier molecular flexibility index (Phi) is 9.36. The summed E-state index contributed by atoms with van der Waals surface area (Å²) in [5.74, 6) is -0.106. The van der Waals surface area contributed by atoms with Crippen LogP contribution in [-0.4, -0.2) is 70.9 Å². The molecule has 0 aliphatic carbocycles. The number of hydrogen-bond acceptors (Lipinski definition) is 6. The largest absolute Gasteiger partial charge is 0.369 e. The Morgan fingerprint density at radius 2 is 1.67 bits per heavy atom. The Hall–Kier alpha value is -3.99. The number of nitrogens with zero attached hydrogens (tertiary/aromatic N) is 5. The zero-order valence-corrected chi connectivity index (χ0v) is 25.1. The van der Waals surface area contributed by atoms with Crippen molar-refractivity contribution in [2.45, 2.75) is 51.7 Å². The zero-order chi connectivity index (χ0) is 29.5. The smallest absolute Gasteiger partial charge is 0.270 e. The fraction of sp³-hybridized carbons (Fsp3) is 0.400. The average Bonchev–Trinajstić information content (AvgIpc) is 3.04. The molecule has 2 aromatic carbocycles. The number of benzene rings is 2. The second-order valence-electron chi connectivity index (χ2n) is 11.8. The fourth-order valence-electron chi connectivity index (χ4n) is 6.18. The molecule has 218 valence electrons. The van der Waals surface area contributed by atoms with Gasteiger partial charge in [0.25, 0.3) is 5.91 Å². The van der Waals surface area contributed by atoms with Crippen LogP contribution in [0.1, 0.15) is 66.4 Å². The van der Waals surface area contributed by atoms with E-state index in [2.05, 4.69) is 88.2 Å². The highest BCUT2D eigenvalue weighted by molar-refractivity contribution is 5.92. The van der Waals surface area contributed by atoms with Crippen molar-refractivity contribution < 1.29 is 4.79 Å². The number of nitrogens with one attached hydrogen (secondary N) is 1. The van der Waals surface area contributed by atoms with Crippen LogP contribution in [0.2, 0.25) is 0 Å². The highest BCUT2D eigenvalue weighted by atomic mass is 16.1. The molecule has 2 saturated heterocycles. The number of carbonyl (C=O) groups excluding carboxylic acids is 1. The van der Waals surface area contributed by atoms with Gasteiger partial charge in [-0.1, -0.05) is 48.5 Å². The predicted octanol–water partition coefficient (Wildman–Crippen LogP) is 5.26. The van der Waals surface area contributed by atoms with Crippen molar-refractivity contribution in [1.29, 1.82) is 5.26 Å². The van der Waals surface area contributed by atoms with Crippen molar-refractivity contribution in [3.63, 3.8) is 0 Å². The molecule has 3 heterocycles. The van der Waals surface area contributed by atoms with Gasteiger partial charge in [-0.2, -0.15) is 5.26 Å². The van der Waals surface area contributed by atoms with E-state index in [0.717, 1.165) is 64.2 Å². The summed E-state index contributed by atoms with van der Waals surface area (Å²) in [6.45, 7) is 13.3. The third-order valence-corrected chi connectivity index (χ3v) is 8.87. The molecule has 1 N–H and O–H groups in total. The summed E-state index contributed by atoms with van der Waals surface area (Å²) in [7, 11) is 0. The van der Waals surface area contributed by atoms with Crippen LogP contribution in [0.3, 0.4) is 0 Å². The van der Waals surface area contributed by atoms with E-state index in [9.17, 15) is 4.79 Å². The van der Waals surface area contributed by atoms with Gasteiger partial charge >= 0.3 is 0 Å². The Bertz CT molecular complexity index is 1390. The third-order valence-electron chi connectivity index (χ3n) is 8.87. The molecular weight excluding hydrogens is 520 g/mol. The van der Waals surface area contributed by atoms with Crippen LogP contribution in [0, 0.1) is 11.3 Å². The van der Waals surface area contributed by atoms with Crippen LogP contribution in [0.5, 0.6) is 0 Å². The number of nitriles is 1. The Morgan fingerprint density at radius 1 is 0.976 bits per heavy atom. The number of pyridine rings is 1. The van der Waals surface area contributed by atoms with Crippen LogP contribution in [-0.2, 0) is 12.1 Å². The molecule has 1 amide bonds. The van der Waals surface area contributed by atoms with Crippen molar-refractivity contribution >= 4 is 11.6 Å². The summed E-state index contributed by atoms with van der Waals surface area (Å²) in [5.41, 5.74) is 5.90. The Labute approximate surface area is 250 Å². The Morgan fingerprint density at radius 3 is 2.26 bits per heavy atom. The quantitative estimate of drug-likeness (QED) is 0.404. The molecule has 5 rings (SSSR count). The number of piperidine rings is 1. The van der Waals surface area contributed by atoms with Crippen molar-refractivity contribution in [2.24, 2.45) is 0 Å². The van der Waals surface area contributed by atoms with Crippen molar-refractivity contribution in [2.75, 3.05) is 39.3 Å². The molecular formula is C35H42N6O. The number of likely N-dealkylation sites (tertiary alicyclic amines) is 1. The lowest BCUT2D eigenvalue weighted by Gasteiger charge is -2.45. The number of hydrogen-bond donors (Lipinski definition) is 1. The molecule has 0 spiro atoms. The van der Waals surface area contributed by atoms with Gasteiger partial charge in [0.15, 0.2) is 0 Å². The maximum atomic E-state index is 13.0. The minimum absolute atomic E-state index is 0.0123. The molecule has 2 fully saturated rings. The molecule has 7 heteroatoms. The standard InChI is InChI=1S/C35H42N6O/c1-4-33(40-20-22-41(23-21-40)35(2,3)30-8-6-5-7-9-30)29-14-15-32(37-25-29)34(42)38-31-16-18-39(19-17-31)26-28-12-10-27(24-36)11-13-28/h4-15,25,31H,16-23,26H2,1-3H3,(H,38,42). The topological polar surface area (TPSA) is 75.5 Å². The third kappa shape index (κ3) is 6.89. The summed E-state index contributed by atoms with van der Waals surface area (Å²) in [5, 5.41) is 12.2. The van der Waals surface area contributed by atoms with Crippen LogP contribution in [0.4, 0.5) is 0 Å². The van der Waals surface area contributed by atoms with E-state index >= 15 is 0 Å². The monoisotopic (exact) mass is 562 g/mol. The minimum atomic E-state index is -0.106. The molecule has 0 saturated carbocycles. The molecule has 1 aromatic heterocycles. The molecule has 7 nitrogen and oxygen atoms in total. The van der Waals surface area contributed by atoms with E-state index in [1.54, 1.807) is 0 Å². The first-order chi connectivity index (χ1) is 20.4. The number of piperazine rings is 1. The fourth-order valence-corrected chi connectivity index (χ4v) is 6.18. The van der Waals surface area contributed by atoms with Crippen LogP contribution in [0.25, 0.3) is 5.70 Å². The van der Waals surface area contributed by atoms with Gasteiger partial charge in [0, 0.05) is 74.9 Å². The first kappa shape index (κ1) is 29.5. The summed E-state index contributed by atoms with van der Waals surface area (Å²) in [4.78, 5) is 25.0. The van der Waals surface area contributed by atoms with Crippen molar-refractivity contribution in [1.82, 2.24) is 25.0 Å². The lowest BCUT2D eigenvalue weighted by Crippen LogP contribution is -2.52. The van der Waals surface area contributed by atoms with E-state index in [0.29, 0.717) is 11.3 Å². The summed E-state index contributed by atoms with van der Waals surface area (Å²) < 4.78 is 0. The van der Waals surface area contributed by atoms with E-state index in [1.165, 1.54) is 16.8 Å². The average molecular weight is 563 g/mol. The van der Waals surface area contributed by atoms with E-state index in [1.807, 2.05) is 42.6 Å². The summed E-state index contributed by atoms with van der Waals surface area (Å²) in [6, 6.07) is 24.7. The number of allylic oxidation sites excluding steroid dienone is 1. The van der Waals surface area contributed by atoms with Gasteiger partial charge in [-0.3, -0.25) is 19.6 Å². The molecule has 42 heavy (non-hydrogen) atoms. The van der Waals surface area contributed by atoms with Gasteiger partial charge in [-0.25, -0.2) is 0 Å². The van der Waals surface area contributed by atoms with Crippen LogP contribution < -0.4 is 5.32 Å². The van der Waals surface area contributed by atoms with Crippen molar-refractivity contribution in [3.05, 3.63) is 107 Å². The zero-order valence-electron chi connectivity index (χ0n) is 25.1. The highest BCUT2D eigenvalue weighted by Gasteiger charge is 2.32. The maximum absolute atomic E-state index is 13.0. The number of aromatic nitrogens is 1. The second-order valence-corrected chi connectivity index (χ2v) is 11.8. The first-order valence-corrected chi connectivity index (χ1v) is 15.1. The second kappa shape index (κ2) is 13.3. The molecule has 0 atom stereocenters. The van der Waals surface area contributed by atoms with E-state index in [4.69, 9.17) is 5.26 Å². The molecule has 0 radical (unpaired) electrons. The van der Waals surface area contributed by atoms with E-state index < -0.39 is 0 Å². The number of carbonyl (C=O) groups is 1. The lowest BCUT2D eigenvalue weighted by molar-refractivity contribution is 0.0710. The minimum Gasteiger partial charge on any atom is -0.369 e. The molecule has 0 bridgehead atoms. The molecule has 2 aliphatic rings. The SMILES string of the molecule is CC=C(c1ccc(C(=O)NC2CCN(Cc3ccc(C#N)cc3)CC2)nc1)N1CCN(C(C)(C)c2ccccc2)CC1. The predicted molar refractivity (Wildman–Crippen MR) is 167 cm³/mol. The molecule has 0 unspecified atom stereocenters. The van der Waals surface area contributed by atoms with Gasteiger partial charge in [0.05, 0.1) is 11.6 Å². The summed E-state index contributed by atoms with van der Waals surface area (Å²) in [6.07, 6.45) is 5.82. The maximum Gasteiger partial charge on any atom is 0.270 e. The van der Waals surface area contributed by atoms with Crippen LogP contribution >= 0.6 is 0 Å². The number of amides is 1. The highest BCUT2D eigenvalue weighted by Crippen LogP contribution is 2.30. The lowest BCUT2D eigenvalue weighted by atomic mass is 9.91. The van der Waals surface area contributed by atoms with Gasteiger partial charge < -0.3 is 10.2 Å². The van der Waals surface area contributed by atoms with Gasteiger partial charge in [0.1, 0.15) is 5.69 Å². The van der Waals surface area contributed by atoms with E-state index in [-0.39, 0.29) is 17.5 Å². The van der Waals surface area contributed by atoms with Gasteiger partial charge in [0.2, 0.25) is 0 Å². The number of rotatable bonds is 8. The first-order valence-electron chi connectivity index (χ1n) is 15.1. The summed E-state index contributed by atoms with van der Waals surface area (Å²) >= 11 is 0. The van der Waals surface area contributed by atoms with Crippen molar-refractivity contribution in [3.8, 4) is 6.07 Å². The Balaban J connectivity index is 1.10. The van der Waals surface area contributed by atoms with Crippen LogP contribution in [0.15, 0.2) is 79.0 Å². The normalized spacial score (nSPS) is 17.6. The van der Waals surface area contributed by atoms with Gasteiger partial charge in [-0.05, 0) is 69.0 Å².